The van der Waals surface area contributed by atoms with Crippen molar-refractivity contribution in [3.63, 3.8) is 0 Å². The Morgan fingerprint density at radius 1 is 0.941 bits per heavy atom. The summed E-state index contributed by atoms with van der Waals surface area (Å²) in [7, 11) is 0. The third kappa shape index (κ3) is 2.79. The minimum absolute atomic E-state index is 0. The van der Waals surface area contributed by atoms with E-state index in [1.807, 2.05) is 30.3 Å². The summed E-state index contributed by atoms with van der Waals surface area (Å²) in [6.07, 6.45) is 0. The quantitative estimate of drug-likeness (QED) is 0.469. The van der Waals surface area contributed by atoms with E-state index >= 15 is 0 Å². The zero-order valence-electron chi connectivity index (χ0n) is 8.67. The predicted molar refractivity (Wildman–Crippen MR) is 73.8 cm³/mol. The molecule has 0 heterocycles. The van der Waals surface area contributed by atoms with Gasteiger partial charge in [-0.1, -0.05) is 30.3 Å². The predicted octanol–water partition coefficient (Wildman–Crippen LogP) is 4.02. The molecule has 0 spiro atoms. The summed E-state index contributed by atoms with van der Waals surface area (Å²) in [4.78, 5) is 10.6. The fourth-order valence-electron chi connectivity index (χ4n) is 1.54. The van der Waals surface area contributed by atoms with Crippen molar-refractivity contribution in [1.82, 2.24) is 0 Å². The van der Waals surface area contributed by atoms with Crippen LogP contribution in [0.2, 0.25) is 0 Å². The molecule has 88 valence electrons. The number of hydrogen-bond donors (Lipinski definition) is 0. The summed E-state index contributed by atoms with van der Waals surface area (Å²) in [5.74, 6) is 0. The van der Waals surface area contributed by atoms with Crippen molar-refractivity contribution >= 4 is 28.3 Å². The molecule has 0 saturated carbocycles. The third-order valence-electron chi connectivity index (χ3n) is 2.26. The van der Waals surface area contributed by atoms with Gasteiger partial charge >= 0.3 is 0 Å². The summed E-state index contributed by atoms with van der Waals surface area (Å²) >= 11 is 2.18. The summed E-state index contributed by atoms with van der Waals surface area (Å²) in [6, 6.07) is 14.4. The maximum Gasteiger partial charge on any atom is 0.277 e. The number of rotatable bonds is 2. The lowest BCUT2D eigenvalue weighted by atomic mass is 10.0. The molecule has 17 heavy (non-hydrogen) atoms. The lowest BCUT2D eigenvalue weighted by Gasteiger charge is -2.04. The summed E-state index contributed by atoms with van der Waals surface area (Å²) in [5.41, 5.74) is 1.71. The monoisotopic (exact) mass is 345 g/mol. The van der Waals surface area contributed by atoms with Gasteiger partial charge in [-0.15, -0.1) is 0 Å². The zero-order chi connectivity index (χ0) is 11.5. The number of nitro benzene ring substituents is 1. The number of benzene rings is 2. The maximum atomic E-state index is 10.9. The third-order valence-corrected chi connectivity index (χ3v) is 3.21. The van der Waals surface area contributed by atoms with E-state index in [1.165, 1.54) is 6.07 Å². The Balaban J connectivity index is 0.00000144. The van der Waals surface area contributed by atoms with Crippen molar-refractivity contribution in [2.75, 3.05) is 0 Å². The van der Waals surface area contributed by atoms with E-state index in [0.29, 0.717) is 5.56 Å². The number of halogens is 2. The number of hydrogen-bond acceptors (Lipinski definition) is 2. The standard InChI is InChI=1S/C12H8INO2.FH/c13-11-7-3-1-5-9(11)10-6-2-4-8-12(10)14(15)16;/h1-8H;1H. The van der Waals surface area contributed by atoms with E-state index in [9.17, 15) is 10.1 Å². The topological polar surface area (TPSA) is 43.1 Å². The molecule has 0 bridgehead atoms. The van der Waals surface area contributed by atoms with Crippen LogP contribution in [0.25, 0.3) is 11.1 Å². The Morgan fingerprint density at radius 3 is 2.06 bits per heavy atom. The molecule has 0 amide bonds. The summed E-state index contributed by atoms with van der Waals surface area (Å²) in [6.45, 7) is 0. The summed E-state index contributed by atoms with van der Waals surface area (Å²) < 4.78 is 1.01. The van der Waals surface area contributed by atoms with Crippen molar-refractivity contribution in [3.05, 3.63) is 62.2 Å². The highest BCUT2D eigenvalue weighted by Gasteiger charge is 2.15. The number of para-hydroxylation sites is 1. The Morgan fingerprint density at radius 2 is 1.47 bits per heavy atom. The van der Waals surface area contributed by atoms with Crippen LogP contribution in [0, 0.1) is 13.7 Å². The molecule has 3 nitrogen and oxygen atoms in total. The van der Waals surface area contributed by atoms with Crippen LogP contribution in [0.5, 0.6) is 0 Å². The molecule has 0 saturated heterocycles. The molecule has 0 N–H and O–H groups in total. The van der Waals surface area contributed by atoms with Crippen LogP contribution in [-0.4, -0.2) is 4.92 Å². The van der Waals surface area contributed by atoms with Crippen LogP contribution in [0.15, 0.2) is 48.5 Å². The van der Waals surface area contributed by atoms with E-state index in [0.717, 1.165) is 9.13 Å². The van der Waals surface area contributed by atoms with Gasteiger partial charge in [0.1, 0.15) is 0 Å². The Labute approximate surface area is 111 Å². The van der Waals surface area contributed by atoms with Crippen molar-refractivity contribution < 1.29 is 9.63 Å². The minimum atomic E-state index is -0.349. The van der Waals surface area contributed by atoms with Gasteiger partial charge in [0.2, 0.25) is 0 Å². The van der Waals surface area contributed by atoms with Crippen LogP contribution in [0.3, 0.4) is 0 Å². The molecule has 2 aromatic carbocycles. The van der Waals surface area contributed by atoms with Gasteiger partial charge in [0.15, 0.2) is 0 Å². The second kappa shape index (κ2) is 5.72. The van der Waals surface area contributed by atoms with Gasteiger partial charge in [-0.05, 0) is 34.7 Å². The maximum absolute atomic E-state index is 10.9. The number of nitro groups is 1. The Hall–Kier alpha value is -1.50. The molecule has 0 aliphatic carbocycles. The van der Waals surface area contributed by atoms with Crippen molar-refractivity contribution in [1.29, 1.82) is 0 Å². The molecule has 0 aromatic heterocycles. The van der Waals surface area contributed by atoms with Crippen molar-refractivity contribution in [2.24, 2.45) is 0 Å². The van der Waals surface area contributed by atoms with Gasteiger partial charge in [0.25, 0.3) is 5.69 Å². The smallest absolute Gasteiger partial charge is 0.269 e. The van der Waals surface area contributed by atoms with Gasteiger partial charge in [0.05, 0.1) is 10.5 Å². The fraction of sp³-hybridized carbons (Fsp3) is 0. The molecule has 2 rings (SSSR count). The average molecular weight is 345 g/mol. The highest BCUT2D eigenvalue weighted by molar-refractivity contribution is 14.1. The molecule has 0 fully saturated rings. The molecule has 0 atom stereocenters. The van der Waals surface area contributed by atoms with Crippen LogP contribution in [0.4, 0.5) is 10.4 Å². The lowest BCUT2D eigenvalue weighted by molar-refractivity contribution is -0.384. The molecule has 2 aromatic rings. The minimum Gasteiger partial charge on any atom is -0.269 e. The van der Waals surface area contributed by atoms with Gasteiger partial charge < -0.3 is 0 Å². The number of nitrogens with zero attached hydrogens (tertiary/aromatic N) is 1. The second-order valence-electron chi connectivity index (χ2n) is 3.25. The van der Waals surface area contributed by atoms with Crippen LogP contribution in [-0.2, 0) is 0 Å². The van der Waals surface area contributed by atoms with E-state index in [1.54, 1.807) is 12.1 Å². The second-order valence-corrected chi connectivity index (χ2v) is 4.42. The van der Waals surface area contributed by atoms with Crippen LogP contribution >= 0.6 is 22.6 Å². The van der Waals surface area contributed by atoms with Gasteiger partial charge in [-0.2, -0.15) is 0 Å². The van der Waals surface area contributed by atoms with E-state index in [-0.39, 0.29) is 15.3 Å². The first-order valence-corrected chi connectivity index (χ1v) is 5.76. The normalized spacial score (nSPS) is 9.47. The van der Waals surface area contributed by atoms with Gasteiger partial charge in [-0.3, -0.25) is 14.8 Å². The van der Waals surface area contributed by atoms with Crippen molar-refractivity contribution in [2.45, 2.75) is 0 Å². The van der Waals surface area contributed by atoms with E-state index in [2.05, 4.69) is 22.6 Å². The Kier molecular flexibility index (Phi) is 4.56. The van der Waals surface area contributed by atoms with E-state index in [4.69, 9.17) is 0 Å². The first kappa shape index (κ1) is 13.6. The molecule has 0 unspecified atom stereocenters. The van der Waals surface area contributed by atoms with E-state index < -0.39 is 0 Å². The first-order chi connectivity index (χ1) is 7.70. The molecule has 0 aliphatic heterocycles. The Bertz CT molecular complexity index is 546. The highest BCUT2D eigenvalue weighted by atomic mass is 127. The molecular weight excluding hydrogens is 336 g/mol. The summed E-state index contributed by atoms with van der Waals surface area (Å²) in [5, 5.41) is 10.9. The van der Waals surface area contributed by atoms with Gasteiger partial charge in [0, 0.05) is 15.2 Å². The zero-order valence-corrected chi connectivity index (χ0v) is 10.8. The molecule has 0 aliphatic rings. The molecular formula is C12H9FINO2. The average Bonchev–Trinajstić information content (AvgIpc) is 2.29. The van der Waals surface area contributed by atoms with Crippen LogP contribution < -0.4 is 0 Å². The largest absolute Gasteiger partial charge is 0.277 e. The van der Waals surface area contributed by atoms with Gasteiger partial charge in [-0.25, -0.2) is 0 Å². The fourth-order valence-corrected chi connectivity index (χ4v) is 2.22. The molecule has 5 heteroatoms. The van der Waals surface area contributed by atoms with Crippen molar-refractivity contribution in [3.8, 4) is 11.1 Å². The molecule has 0 radical (unpaired) electrons. The highest BCUT2D eigenvalue weighted by Crippen LogP contribution is 2.32. The first-order valence-electron chi connectivity index (χ1n) is 4.68. The lowest BCUT2D eigenvalue weighted by Crippen LogP contribution is -1.92. The van der Waals surface area contributed by atoms with Crippen LogP contribution in [0.1, 0.15) is 0 Å². The SMILES string of the molecule is F.O=[N+]([O-])c1ccccc1-c1ccccc1I.